The first kappa shape index (κ1) is 12.7. The second-order valence-electron chi connectivity index (χ2n) is 5.92. The molecule has 1 aromatic heterocycles. The summed E-state index contributed by atoms with van der Waals surface area (Å²) in [5.41, 5.74) is -0.0182. The van der Waals surface area contributed by atoms with Crippen LogP contribution in [0.1, 0.15) is 31.2 Å². The molecule has 2 aliphatic carbocycles. The molecule has 0 atom stereocenters. The van der Waals surface area contributed by atoms with Crippen molar-refractivity contribution in [3.8, 4) is 0 Å². The van der Waals surface area contributed by atoms with Crippen LogP contribution in [0, 0.1) is 18.8 Å². The van der Waals surface area contributed by atoms with Gasteiger partial charge in [0.15, 0.2) is 0 Å². The molecule has 2 fully saturated rings. The summed E-state index contributed by atoms with van der Waals surface area (Å²) in [6, 6.07) is 0.652. The van der Waals surface area contributed by atoms with Crippen LogP contribution in [0.4, 0.5) is 0 Å². The first-order chi connectivity index (χ1) is 9.15. The average molecular weight is 263 g/mol. The standard InChI is InChI=1S/C14H21N3O2/c1-9-8-17(14(19)16-13(9)18)7-6-15-12(10-2-3-10)11-4-5-11/h8,10-12,15H,2-7H2,1H3,(H,16,18,19). The lowest BCUT2D eigenvalue weighted by molar-refractivity contribution is 0.404. The van der Waals surface area contributed by atoms with Gasteiger partial charge in [0.25, 0.3) is 5.56 Å². The summed E-state index contributed by atoms with van der Waals surface area (Å²) in [4.78, 5) is 25.3. The Kier molecular flexibility index (Phi) is 3.31. The van der Waals surface area contributed by atoms with Crippen molar-refractivity contribution >= 4 is 0 Å². The average Bonchev–Trinajstić information content (AvgIpc) is 3.24. The van der Waals surface area contributed by atoms with E-state index in [0.29, 0.717) is 18.2 Å². The minimum absolute atomic E-state index is 0.289. The lowest BCUT2D eigenvalue weighted by atomic mass is 10.1. The van der Waals surface area contributed by atoms with Crippen LogP contribution in [0.25, 0.3) is 0 Å². The molecule has 0 radical (unpaired) electrons. The molecule has 0 aliphatic heterocycles. The molecular formula is C14H21N3O2. The van der Waals surface area contributed by atoms with Gasteiger partial charge in [-0.05, 0) is 44.4 Å². The SMILES string of the molecule is Cc1cn(CCNC(C2CC2)C2CC2)c(=O)[nH]c1=O. The maximum atomic E-state index is 11.6. The first-order valence-electron chi connectivity index (χ1n) is 7.19. The fourth-order valence-corrected chi connectivity index (χ4v) is 2.77. The third-order valence-corrected chi connectivity index (χ3v) is 4.18. The fourth-order valence-electron chi connectivity index (χ4n) is 2.77. The quantitative estimate of drug-likeness (QED) is 0.791. The number of nitrogens with one attached hydrogen (secondary N) is 2. The number of nitrogens with zero attached hydrogens (tertiary/aromatic N) is 1. The number of aromatic amines is 1. The topological polar surface area (TPSA) is 66.9 Å². The predicted octanol–water partition coefficient (Wildman–Crippen LogP) is 0.623. The van der Waals surface area contributed by atoms with E-state index in [9.17, 15) is 9.59 Å². The van der Waals surface area contributed by atoms with E-state index in [2.05, 4.69) is 10.3 Å². The summed E-state index contributed by atoms with van der Waals surface area (Å²) in [5, 5.41) is 3.60. The van der Waals surface area contributed by atoms with Gasteiger partial charge in [-0.2, -0.15) is 0 Å². The van der Waals surface area contributed by atoms with Gasteiger partial charge in [-0.3, -0.25) is 14.3 Å². The van der Waals surface area contributed by atoms with Crippen LogP contribution >= 0.6 is 0 Å². The van der Waals surface area contributed by atoms with Crippen LogP contribution in [0.3, 0.4) is 0 Å². The number of rotatable bonds is 6. The van der Waals surface area contributed by atoms with E-state index in [1.807, 2.05) is 0 Å². The van der Waals surface area contributed by atoms with Gasteiger partial charge in [-0.25, -0.2) is 4.79 Å². The molecular weight excluding hydrogens is 242 g/mol. The lowest BCUT2D eigenvalue weighted by Gasteiger charge is -2.17. The first-order valence-corrected chi connectivity index (χ1v) is 7.19. The minimum Gasteiger partial charge on any atom is -0.312 e. The fraction of sp³-hybridized carbons (Fsp3) is 0.714. The smallest absolute Gasteiger partial charge is 0.312 e. The predicted molar refractivity (Wildman–Crippen MR) is 73.3 cm³/mol. The Balaban J connectivity index is 1.58. The highest BCUT2D eigenvalue weighted by atomic mass is 16.2. The van der Waals surface area contributed by atoms with E-state index < -0.39 is 0 Å². The zero-order chi connectivity index (χ0) is 13.4. The Bertz CT molecular complexity index is 555. The molecule has 0 unspecified atom stereocenters. The maximum Gasteiger partial charge on any atom is 0.328 e. The van der Waals surface area contributed by atoms with Gasteiger partial charge in [0.1, 0.15) is 0 Å². The lowest BCUT2D eigenvalue weighted by Crippen LogP contribution is -2.38. The number of aryl methyl sites for hydroxylation is 1. The van der Waals surface area contributed by atoms with Crippen LogP contribution in [-0.4, -0.2) is 22.1 Å². The van der Waals surface area contributed by atoms with Crippen molar-refractivity contribution in [2.45, 2.75) is 45.2 Å². The summed E-state index contributed by atoms with van der Waals surface area (Å²) < 4.78 is 1.58. The van der Waals surface area contributed by atoms with Crippen LogP contribution in [-0.2, 0) is 6.54 Å². The van der Waals surface area contributed by atoms with E-state index in [-0.39, 0.29) is 11.2 Å². The van der Waals surface area contributed by atoms with Crippen molar-refractivity contribution in [2.24, 2.45) is 11.8 Å². The van der Waals surface area contributed by atoms with Gasteiger partial charge in [-0.1, -0.05) is 0 Å². The Morgan fingerprint density at radius 2 is 1.95 bits per heavy atom. The van der Waals surface area contributed by atoms with Gasteiger partial charge < -0.3 is 5.32 Å². The zero-order valence-electron chi connectivity index (χ0n) is 11.3. The zero-order valence-corrected chi connectivity index (χ0v) is 11.3. The van der Waals surface area contributed by atoms with E-state index >= 15 is 0 Å². The van der Waals surface area contributed by atoms with Crippen LogP contribution in [0.5, 0.6) is 0 Å². The van der Waals surface area contributed by atoms with Crippen molar-refractivity contribution in [1.29, 1.82) is 0 Å². The van der Waals surface area contributed by atoms with E-state index in [0.717, 1.165) is 18.4 Å². The van der Waals surface area contributed by atoms with Crippen LogP contribution in [0.2, 0.25) is 0 Å². The van der Waals surface area contributed by atoms with Crippen molar-refractivity contribution < 1.29 is 0 Å². The number of H-pyrrole nitrogens is 1. The minimum atomic E-state index is -0.313. The van der Waals surface area contributed by atoms with Crippen molar-refractivity contribution in [1.82, 2.24) is 14.9 Å². The second-order valence-corrected chi connectivity index (χ2v) is 5.92. The number of hydrogen-bond acceptors (Lipinski definition) is 3. The number of aromatic nitrogens is 2. The Labute approximate surface area is 112 Å². The molecule has 5 heteroatoms. The third kappa shape index (κ3) is 2.97. The summed E-state index contributed by atoms with van der Waals surface area (Å²) in [5.74, 6) is 1.73. The summed E-state index contributed by atoms with van der Waals surface area (Å²) in [6.07, 6.45) is 7.06. The van der Waals surface area contributed by atoms with Crippen molar-refractivity contribution in [3.63, 3.8) is 0 Å². The summed E-state index contributed by atoms with van der Waals surface area (Å²) in [7, 11) is 0. The normalized spacial score (nSPS) is 19.1. The van der Waals surface area contributed by atoms with Gasteiger partial charge in [-0.15, -0.1) is 0 Å². The molecule has 19 heavy (non-hydrogen) atoms. The van der Waals surface area contributed by atoms with Gasteiger partial charge in [0, 0.05) is 30.9 Å². The van der Waals surface area contributed by atoms with Crippen LogP contribution in [0.15, 0.2) is 15.8 Å². The third-order valence-electron chi connectivity index (χ3n) is 4.18. The molecule has 0 amide bonds. The molecule has 3 rings (SSSR count). The highest BCUT2D eigenvalue weighted by Crippen LogP contribution is 2.44. The Morgan fingerprint density at radius 1 is 1.32 bits per heavy atom. The highest BCUT2D eigenvalue weighted by Gasteiger charge is 2.40. The van der Waals surface area contributed by atoms with Gasteiger partial charge in [0.2, 0.25) is 0 Å². The van der Waals surface area contributed by atoms with E-state index in [4.69, 9.17) is 0 Å². The largest absolute Gasteiger partial charge is 0.328 e. The molecule has 1 aromatic rings. The second kappa shape index (κ2) is 4.96. The molecule has 2 saturated carbocycles. The van der Waals surface area contributed by atoms with Crippen molar-refractivity contribution in [3.05, 3.63) is 32.6 Å². The van der Waals surface area contributed by atoms with Gasteiger partial charge >= 0.3 is 5.69 Å². The molecule has 1 heterocycles. The molecule has 0 spiro atoms. The van der Waals surface area contributed by atoms with Crippen molar-refractivity contribution in [2.75, 3.05) is 6.54 Å². The Morgan fingerprint density at radius 3 is 2.53 bits per heavy atom. The Hall–Kier alpha value is -1.36. The molecule has 2 aliphatic rings. The molecule has 104 valence electrons. The molecule has 0 aromatic carbocycles. The number of hydrogen-bond donors (Lipinski definition) is 2. The highest BCUT2D eigenvalue weighted by molar-refractivity contribution is 5.01. The summed E-state index contributed by atoms with van der Waals surface area (Å²) >= 11 is 0. The summed E-state index contributed by atoms with van der Waals surface area (Å²) in [6.45, 7) is 3.13. The molecule has 0 saturated heterocycles. The molecule has 5 nitrogen and oxygen atoms in total. The molecule has 2 N–H and O–H groups in total. The van der Waals surface area contributed by atoms with Crippen LogP contribution < -0.4 is 16.6 Å². The van der Waals surface area contributed by atoms with Gasteiger partial charge in [0.05, 0.1) is 0 Å². The van der Waals surface area contributed by atoms with E-state index in [1.165, 1.54) is 25.7 Å². The molecule has 0 bridgehead atoms. The van der Waals surface area contributed by atoms with E-state index in [1.54, 1.807) is 17.7 Å². The monoisotopic (exact) mass is 263 g/mol. The maximum absolute atomic E-state index is 11.6.